The number of amides is 1. The van der Waals surface area contributed by atoms with Gasteiger partial charge in [0.2, 0.25) is 5.91 Å². The van der Waals surface area contributed by atoms with Gasteiger partial charge in [0.15, 0.2) is 0 Å². The quantitative estimate of drug-likeness (QED) is 0.867. The topological polar surface area (TPSA) is 52.6 Å². The Bertz CT molecular complexity index is 498. The average molecular weight is 345 g/mol. The first kappa shape index (κ1) is 15.4. The van der Waals surface area contributed by atoms with Gasteiger partial charge >= 0.3 is 0 Å². The van der Waals surface area contributed by atoms with E-state index >= 15 is 0 Å². The van der Waals surface area contributed by atoms with Gasteiger partial charge in [-0.05, 0) is 12.1 Å². The number of carbonyl (C=O) groups is 1. The molecule has 2 N–H and O–H groups in total. The molecule has 6 heteroatoms. The maximum absolute atomic E-state index is 13.8. The van der Waals surface area contributed by atoms with Crippen LogP contribution in [0.2, 0.25) is 0 Å². The standard InChI is InChI=1S/C14H18BrFN2O2/c1-17-14(20)12-7-18(6-10(12)8-19)5-9-2-3-11(15)4-13(9)16/h2-4,10,12,19H,5-8H2,1H3,(H,17,20)/t10-,12+/m0/s1. The number of aliphatic hydroxyl groups excluding tert-OH is 1. The normalized spacial score (nSPS) is 23.0. The van der Waals surface area contributed by atoms with Crippen LogP contribution in [0, 0.1) is 17.7 Å². The Morgan fingerprint density at radius 1 is 1.55 bits per heavy atom. The minimum absolute atomic E-state index is 0.0304. The summed E-state index contributed by atoms with van der Waals surface area (Å²) < 4.78 is 14.5. The number of benzene rings is 1. The van der Waals surface area contributed by atoms with E-state index in [0.29, 0.717) is 29.7 Å². The lowest BCUT2D eigenvalue weighted by Gasteiger charge is -2.16. The summed E-state index contributed by atoms with van der Waals surface area (Å²) in [6.07, 6.45) is 0. The van der Waals surface area contributed by atoms with E-state index in [1.165, 1.54) is 6.07 Å². The van der Waals surface area contributed by atoms with Gasteiger partial charge in [0.1, 0.15) is 5.82 Å². The molecule has 1 fully saturated rings. The molecule has 2 atom stereocenters. The second-order valence-electron chi connectivity index (χ2n) is 5.09. The van der Waals surface area contributed by atoms with Gasteiger partial charge in [-0.2, -0.15) is 0 Å². The third kappa shape index (κ3) is 3.37. The first-order valence-electron chi connectivity index (χ1n) is 6.54. The number of halogens is 2. The van der Waals surface area contributed by atoms with Crippen molar-refractivity contribution in [3.8, 4) is 0 Å². The van der Waals surface area contributed by atoms with E-state index in [1.807, 2.05) is 4.90 Å². The van der Waals surface area contributed by atoms with E-state index in [1.54, 1.807) is 19.2 Å². The molecule has 2 rings (SSSR count). The van der Waals surface area contributed by atoms with Gasteiger partial charge in [-0.15, -0.1) is 0 Å². The van der Waals surface area contributed by atoms with Gasteiger partial charge in [-0.3, -0.25) is 9.69 Å². The Labute approximate surface area is 126 Å². The Morgan fingerprint density at radius 3 is 2.90 bits per heavy atom. The molecule has 0 aromatic heterocycles. The Morgan fingerprint density at radius 2 is 2.30 bits per heavy atom. The molecule has 0 unspecified atom stereocenters. The van der Waals surface area contributed by atoms with E-state index < -0.39 is 0 Å². The molecule has 20 heavy (non-hydrogen) atoms. The molecule has 1 aromatic carbocycles. The zero-order valence-corrected chi connectivity index (χ0v) is 12.9. The third-order valence-electron chi connectivity index (χ3n) is 3.74. The SMILES string of the molecule is CNC(=O)[C@@H]1CN(Cc2ccc(Br)cc2F)C[C@H]1CO. The molecule has 0 spiro atoms. The Hall–Kier alpha value is -0.980. The second-order valence-corrected chi connectivity index (χ2v) is 6.01. The molecule has 0 radical (unpaired) electrons. The number of hydrogen-bond acceptors (Lipinski definition) is 3. The smallest absolute Gasteiger partial charge is 0.224 e. The fourth-order valence-electron chi connectivity index (χ4n) is 2.65. The molecule has 1 amide bonds. The number of rotatable bonds is 4. The zero-order chi connectivity index (χ0) is 14.7. The van der Waals surface area contributed by atoms with Crippen LogP contribution in [0.25, 0.3) is 0 Å². The fourth-order valence-corrected chi connectivity index (χ4v) is 2.98. The molecule has 1 aliphatic heterocycles. The zero-order valence-electron chi connectivity index (χ0n) is 11.3. The van der Waals surface area contributed by atoms with E-state index in [4.69, 9.17) is 0 Å². The molecule has 0 saturated carbocycles. The molecule has 110 valence electrons. The number of carbonyl (C=O) groups excluding carboxylic acids is 1. The average Bonchev–Trinajstić information content (AvgIpc) is 2.84. The summed E-state index contributed by atoms with van der Waals surface area (Å²) in [4.78, 5) is 13.8. The molecule has 1 saturated heterocycles. The predicted molar refractivity (Wildman–Crippen MR) is 77.5 cm³/mol. The molecule has 1 heterocycles. The highest BCUT2D eigenvalue weighted by molar-refractivity contribution is 9.10. The summed E-state index contributed by atoms with van der Waals surface area (Å²) in [7, 11) is 1.59. The monoisotopic (exact) mass is 344 g/mol. The van der Waals surface area contributed by atoms with Crippen molar-refractivity contribution in [3.63, 3.8) is 0 Å². The summed E-state index contributed by atoms with van der Waals surface area (Å²) >= 11 is 3.23. The van der Waals surface area contributed by atoms with E-state index in [9.17, 15) is 14.3 Å². The van der Waals surface area contributed by atoms with Crippen molar-refractivity contribution in [2.24, 2.45) is 11.8 Å². The third-order valence-corrected chi connectivity index (χ3v) is 4.24. The molecule has 0 bridgehead atoms. The van der Waals surface area contributed by atoms with Crippen LogP contribution in [0.1, 0.15) is 5.56 Å². The molecular formula is C14H18BrFN2O2. The van der Waals surface area contributed by atoms with Gasteiger partial charge < -0.3 is 10.4 Å². The lowest BCUT2D eigenvalue weighted by Crippen LogP contribution is -2.33. The lowest BCUT2D eigenvalue weighted by molar-refractivity contribution is -0.125. The molecule has 1 aromatic rings. The van der Waals surface area contributed by atoms with Gasteiger partial charge in [-0.1, -0.05) is 22.0 Å². The van der Waals surface area contributed by atoms with Crippen LogP contribution in [0.15, 0.2) is 22.7 Å². The Balaban J connectivity index is 2.06. The van der Waals surface area contributed by atoms with Crippen molar-refractivity contribution in [2.45, 2.75) is 6.54 Å². The van der Waals surface area contributed by atoms with E-state index in [0.717, 1.165) is 0 Å². The predicted octanol–water partition coefficient (Wildman–Crippen LogP) is 1.37. The second kappa shape index (κ2) is 6.65. The van der Waals surface area contributed by atoms with Gasteiger partial charge in [-0.25, -0.2) is 4.39 Å². The van der Waals surface area contributed by atoms with Crippen LogP contribution in [0.4, 0.5) is 4.39 Å². The summed E-state index contributed by atoms with van der Waals surface area (Å²) in [5, 5.41) is 12.0. The van der Waals surface area contributed by atoms with Crippen LogP contribution < -0.4 is 5.32 Å². The van der Waals surface area contributed by atoms with Crippen molar-refractivity contribution in [1.29, 1.82) is 0 Å². The van der Waals surface area contributed by atoms with Gasteiger partial charge in [0.05, 0.1) is 5.92 Å². The van der Waals surface area contributed by atoms with Crippen LogP contribution in [0.3, 0.4) is 0 Å². The van der Waals surface area contributed by atoms with Crippen LogP contribution in [-0.2, 0) is 11.3 Å². The summed E-state index contributed by atoms with van der Waals surface area (Å²) in [6.45, 7) is 1.56. The first-order valence-corrected chi connectivity index (χ1v) is 7.33. The van der Waals surface area contributed by atoms with Crippen LogP contribution in [0.5, 0.6) is 0 Å². The molecule has 0 aliphatic carbocycles. The Kier molecular flexibility index (Phi) is 5.12. The van der Waals surface area contributed by atoms with E-state index in [-0.39, 0.29) is 30.2 Å². The van der Waals surface area contributed by atoms with Gasteiger partial charge in [0.25, 0.3) is 0 Å². The number of likely N-dealkylation sites (tertiary alicyclic amines) is 1. The maximum Gasteiger partial charge on any atom is 0.224 e. The van der Waals surface area contributed by atoms with Crippen molar-refractivity contribution in [1.82, 2.24) is 10.2 Å². The number of aliphatic hydroxyl groups is 1. The summed E-state index contributed by atoms with van der Waals surface area (Å²) in [6, 6.07) is 4.97. The highest BCUT2D eigenvalue weighted by Crippen LogP contribution is 2.26. The summed E-state index contributed by atoms with van der Waals surface area (Å²) in [5.74, 6) is -0.650. The number of nitrogens with one attached hydrogen (secondary N) is 1. The highest BCUT2D eigenvalue weighted by Gasteiger charge is 2.36. The minimum atomic E-state index is -0.261. The lowest BCUT2D eigenvalue weighted by atomic mass is 9.96. The van der Waals surface area contributed by atoms with Crippen LogP contribution >= 0.6 is 15.9 Å². The van der Waals surface area contributed by atoms with Crippen LogP contribution in [-0.4, -0.2) is 42.7 Å². The molecule has 1 aliphatic rings. The minimum Gasteiger partial charge on any atom is -0.396 e. The number of hydrogen-bond donors (Lipinski definition) is 2. The first-order chi connectivity index (χ1) is 9.55. The van der Waals surface area contributed by atoms with Crippen molar-refractivity contribution in [3.05, 3.63) is 34.1 Å². The highest BCUT2D eigenvalue weighted by atomic mass is 79.9. The van der Waals surface area contributed by atoms with Crippen molar-refractivity contribution >= 4 is 21.8 Å². The number of nitrogens with zero attached hydrogens (tertiary/aromatic N) is 1. The summed E-state index contributed by atoms with van der Waals surface area (Å²) in [5.41, 5.74) is 0.599. The molecular weight excluding hydrogens is 327 g/mol. The fraction of sp³-hybridized carbons (Fsp3) is 0.500. The molecule has 4 nitrogen and oxygen atoms in total. The van der Waals surface area contributed by atoms with Crippen molar-refractivity contribution < 1.29 is 14.3 Å². The largest absolute Gasteiger partial charge is 0.396 e. The van der Waals surface area contributed by atoms with Crippen molar-refractivity contribution in [2.75, 3.05) is 26.7 Å². The van der Waals surface area contributed by atoms with Gasteiger partial charge in [0, 0.05) is 49.2 Å². The van der Waals surface area contributed by atoms with E-state index in [2.05, 4.69) is 21.2 Å². The maximum atomic E-state index is 13.8.